The zero-order chi connectivity index (χ0) is 7.11. The van der Waals surface area contributed by atoms with E-state index in [1.54, 1.807) is 0 Å². The van der Waals surface area contributed by atoms with E-state index in [0.717, 1.165) is 12.8 Å². The Morgan fingerprint density at radius 3 is 2.56 bits per heavy atom. The molecule has 0 N–H and O–H groups in total. The minimum Gasteiger partial charge on any atom is -0.363 e. The van der Waals surface area contributed by atoms with Gasteiger partial charge in [0.2, 0.25) is 0 Å². The van der Waals surface area contributed by atoms with Crippen LogP contribution in [0.4, 0.5) is 0 Å². The molecule has 0 saturated carbocycles. The molecule has 2 nitrogen and oxygen atoms in total. The first-order valence-corrected chi connectivity index (χ1v) is 3.36. The molecule has 2 heteroatoms. The van der Waals surface area contributed by atoms with Crippen LogP contribution in [0.1, 0.15) is 26.7 Å². The SMILES string of the molecule is CCCOC(C#N)CC. The van der Waals surface area contributed by atoms with Gasteiger partial charge in [0.1, 0.15) is 6.10 Å². The molecule has 0 aromatic rings. The molecule has 0 heterocycles. The summed E-state index contributed by atoms with van der Waals surface area (Å²) in [6.07, 6.45) is 1.58. The van der Waals surface area contributed by atoms with E-state index < -0.39 is 0 Å². The fourth-order valence-corrected chi connectivity index (χ4v) is 0.507. The van der Waals surface area contributed by atoms with Crippen molar-refractivity contribution in [1.29, 1.82) is 5.26 Å². The van der Waals surface area contributed by atoms with Gasteiger partial charge in [-0.25, -0.2) is 0 Å². The van der Waals surface area contributed by atoms with E-state index in [1.165, 1.54) is 0 Å². The van der Waals surface area contributed by atoms with Gasteiger partial charge in [0, 0.05) is 6.61 Å². The molecule has 0 bridgehead atoms. The zero-order valence-electron chi connectivity index (χ0n) is 6.05. The van der Waals surface area contributed by atoms with Crippen molar-refractivity contribution in [2.75, 3.05) is 6.61 Å². The summed E-state index contributed by atoms with van der Waals surface area (Å²) in [6.45, 7) is 4.68. The van der Waals surface area contributed by atoms with Gasteiger partial charge in [-0.1, -0.05) is 13.8 Å². The Morgan fingerprint density at radius 1 is 1.56 bits per heavy atom. The van der Waals surface area contributed by atoms with E-state index in [0.29, 0.717) is 6.61 Å². The molecule has 0 aliphatic rings. The van der Waals surface area contributed by atoms with Crippen molar-refractivity contribution in [2.45, 2.75) is 32.8 Å². The third-order valence-electron chi connectivity index (χ3n) is 1.04. The van der Waals surface area contributed by atoms with Gasteiger partial charge in [-0.05, 0) is 12.8 Å². The van der Waals surface area contributed by atoms with E-state index in [9.17, 15) is 0 Å². The minimum absolute atomic E-state index is 0.190. The van der Waals surface area contributed by atoms with Crippen LogP contribution in [0.15, 0.2) is 0 Å². The maximum atomic E-state index is 8.38. The summed E-state index contributed by atoms with van der Waals surface area (Å²) in [5, 5.41) is 8.38. The summed E-state index contributed by atoms with van der Waals surface area (Å²) in [6, 6.07) is 2.06. The molecule has 0 aliphatic heterocycles. The first kappa shape index (κ1) is 8.45. The van der Waals surface area contributed by atoms with Crippen LogP contribution in [0.5, 0.6) is 0 Å². The van der Waals surface area contributed by atoms with Crippen LogP contribution in [0.25, 0.3) is 0 Å². The molecule has 1 unspecified atom stereocenters. The number of ether oxygens (including phenoxy) is 1. The Hall–Kier alpha value is -0.550. The predicted octanol–water partition coefficient (Wildman–Crippen LogP) is 1.72. The normalized spacial score (nSPS) is 12.6. The molecule has 52 valence electrons. The lowest BCUT2D eigenvalue weighted by molar-refractivity contribution is 0.0882. The van der Waals surface area contributed by atoms with Crippen LogP contribution in [-0.4, -0.2) is 12.7 Å². The number of hydrogen-bond donors (Lipinski definition) is 0. The highest BCUT2D eigenvalue weighted by atomic mass is 16.5. The highest BCUT2D eigenvalue weighted by Gasteiger charge is 2.00. The lowest BCUT2D eigenvalue weighted by Gasteiger charge is -2.04. The third-order valence-corrected chi connectivity index (χ3v) is 1.04. The smallest absolute Gasteiger partial charge is 0.143 e. The number of nitriles is 1. The fourth-order valence-electron chi connectivity index (χ4n) is 0.507. The van der Waals surface area contributed by atoms with Crippen molar-refractivity contribution in [1.82, 2.24) is 0 Å². The van der Waals surface area contributed by atoms with E-state index >= 15 is 0 Å². The van der Waals surface area contributed by atoms with E-state index in [4.69, 9.17) is 10.00 Å². The molecule has 0 amide bonds. The van der Waals surface area contributed by atoms with Crippen LogP contribution in [0.3, 0.4) is 0 Å². The molecule has 0 aromatic heterocycles. The van der Waals surface area contributed by atoms with E-state index in [1.807, 2.05) is 13.8 Å². The van der Waals surface area contributed by atoms with Crippen LogP contribution in [0, 0.1) is 11.3 Å². The Labute approximate surface area is 56.4 Å². The van der Waals surface area contributed by atoms with Crippen LogP contribution in [0.2, 0.25) is 0 Å². The second-order valence-corrected chi connectivity index (χ2v) is 1.90. The topological polar surface area (TPSA) is 33.0 Å². The van der Waals surface area contributed by atoms with Crippen molar-refractivity contribution >= 4 is 0 Å². The molecule has 0 aliphatic carbocycles. The maximum absolute atomic E-state index is 8.38. The van der Waals surface area contributed by atoms with Gasteiger partial charge >= 0.3 is 0 Å². The van der Waals surface area contributed by atoms with Crippen molar-refractivity contribution in [2.24, 2.45) is 0 Å². The van der Waals surface area contributed by atoms with Gasteiger partial charge in [-0.2, -0.15) is 5.26 Å². The molecule has 9 heavy (non-hydrogen) atoms. The largest absolute Gasteiger partial charge is 0.363 e. The molecular weight excluding hydrogens is 114 g/mol. The molecule has 0 aromatic carbocycles. The Kier molecular flexibility index (Phi) is 5.24. The average molecular weight is 127 g/mol. The molecule has 1 atom stereocenters. The monoisotopic (exact) mass is 127 g/mol. The molecule has 0 radical (unpaired) electrons. The minimum atomic E-state index is -0.190. The summed E-state index contributed by atoms with van der Waals surface area (Å²) in [4.78, 5) is 0. The fraction of sp³-hybridized carbons (Fsp3) is 0.857. The predicted molar refractivity (Wildman–Crippen MR) is 35.9 cm³/mol. The van der Waals surface area contributed by atoms with Crippen molar-refractivity contribution in [3.05, 3.63) is 0 Å². The standard InChI is InChI=1S/C7H13NO/c1-3-5-9-7(4-2)6-8/h7H,3-5H2,1-2H3. The van der Waals surface area contributed by atoms with Crippen molar-refractivity contribution in [3.63, 3.8) is 0 Å². The average Bonchev–Trinajstić information content (AvgIpc) is 1.91. The van der Waals surface area contributed by atoms with Crippen molar-refractivity contribution < 1.29 is 4.74 Å². The second-order valence-electron chi connectivity index (χ2n) is 1.90. The Bertz CT molecular complexity index is 95.6. The highest BCUT2D eigenvalue weighted by Crippen LogP contribution is 1.95. The quantitative estimate of drug-likeness (QED) is 0.576. The number of rotatable bonds is 4. The van der Waals surface area contributed by atoms with E-state index in [-0.39, 0.29) is 6.10 Å². The van der Waals surface area contributed by atoms with Gasteiger partial charge in [0.05, 0.1) is 6.07 Å². The van der Waals surface area contributed by atoms with Gasteiger partial charge < -0.3 is 4.74 Å². The van der Waals surface area contributed by atoms with Crippen LogP contribution < -0.4 is 0 Å². The summed E-state index contributed by atoms with van der Waals surface area (Å²) >= 11 is 0. The first-order chi connectivity index (χ1) is 4.35. The van der Waals surface area contributed by atoms with Gasteiger partial charge in [-0.15, -0.1) is 0 Å². The first-order valence-electron chi connectivity index (χ1n) is 3.36. The number of hydrogen-bond acceptors (Lipinski definition) is 2. The Morgan fingerprint density at radius 2 is 2.22 bits per heavy atom. The highest BCUT2D eigenvalue weighted by molar-refractivity contribution is 4.82. The third kappa shape index (κ3) is 3.99. The van der Waals surface area contributed by atoms with Crippen molar-refractivity contribution in [3.8, 4) is 6.07 Å². The molecule has 0 rings (SSSR count). The molecular formula is C7H13NO. The zero-order valence-corrected chi connectivity index (χ0v) is 6.05. The summed E-state index contributed by atoms with van der Waals surface area (Å²) < 4.78 is 5.13. The van der Waals surface area contributed by atoms with Crippen LogP contribution >= 0.6 is 0 Å². The number of nitrogens with zero attached hydrogens (tertiary/aromatic N) is 1. The summed E-state index contributed by atoms with van der Waals surface area (Å²) in [7, 11) is 0. The molecule has 0 spiro atoms. The lowest BCUT2D eigenvalue weighted by Crippen LogP contribution is -2.08. The van der Waals surface area contributed by atoms with E-state index in [2.05, 4.69) is 6.07 Å². The molecule has 0 fully saturated rings. The molecule has 0 saturated heterocycles. The summed E-state index contributed by atoms with van der Waals surface area (Å²) in [5.74, 6) is 0. The van der Waals surface area contributed by atoms with Gasteiger partial charge in [0.25, 0.3) is 0 Å². The van der Waals surface area contributed by atoms with Crippen LogP contribution in [-0.2, 0) is 4.74 Å². The lowest BCUT2D eigenvalue weighted by atomic mass is 10.3. The van der Waals surface area contributed by atoms with Gasteiger partial charge in [0.15, 0.2) is 0 Å². The summed E-state index contributed by atoms with van der Waals surface area (Å²) in [5.41, 5.74) is 0. The maximum Gasteiger partial charge on any atom is 0.143 e. The second kappa shape index (κ2) is 5.58. The Balaban J connectivity index is 3.23. The van der Waals surface area contributed by atoms with Gasteiger partial charge in [-0.3, -0.25) is 0 Å².